The Morgan fingerprint density at radius 2 is 0.950 bits per heavy atom. The zero-order valence-electron chi connectivity index (χ0n) is 85.5. The van der Waals surface area contributed by atoms with Crippen molar-refractivity contribution >= 4 is 128 Å². The highest BCUT2D eigenvalue weighted by Crippen LogP contribution is 2.40. The van der Waals surface area contributed by atoms with Gasteiger partial charge in [0.15, 0.2) is 42.7 Å². The number of amides is 6. The van der Waals surface area contributed by atoms with Crippen molar-refractivity contribution in [3.05, 3.63) is 180 Å². The number of nitrogens with zero attached hydrogens (tertiary/aromatic N) is 4. The number of carbonyl (C=O) groups excluding carboxylic acids is 13. The van der Waals surface area contributed by atoms with Crippen molar-refractivity contribution in [2.24, 2.45) is 35.5 Å². The SMILES string of the molecule is CC(=O)[O-].CC(C)(C)OC(=O)Nc1cccc(C(=O)N2CCC(CCCCCC(=O)/C=C/c3cccnc3)CC2)c1.CCCC(=O)Nc1cc(CBr)ccc1O[C@@H]1O[C@H](C(=O)OC)[C@@H](OC(C)=O)[C@H](C)[C@H]1C.CCCC(=O)Nc1cc(C[n+]2cccc(/C=C/C(=O)CCCCCC3CCN(C(=O)c4cccc(NC(=O)OC(C)(C)C)c4)CC3)c2)ccc1O[C@@H]1O[C@H](C(=O)OC)[C@@H](OC(C)=O)[C@H](C)[C@H]1C.[2H]CF. The molecule has 6 amide bonds. The molecule has 4 N–H and O–H groups in total. The van der Waals surface area contributed by atoms with Crippen molar-refractivity contribution in [2.45, 2.75) is 280 Å². The molecular formula is C107H144BrFN8O24. The normalized spacial score (nSPS) is 19.2. The molecule has 4 aliphatic heterocycles. The van der Waals surface area contributed by atoms with Crippen LogP contribution in [0, 0.1) is 35.5 Å². The first kappa shape index (κ1) is 116. The summed E-state index contributed by atoms with van der Waals surface area (Å²) in [6, 6.07) is 32.5. The number of aliphatic carboxylic acids is 1. The Hall–Kier alpha value is -12.3. The Morgan fingerprint density at radius 1 is 0.539 bits per heavy atom. The maximum absolute atomic E-state index is 13.3. The maximum Gasteiger partial charge on any atom is 0.412 e. The lowest BCUT2D eigenvalue weighted by Crippen LogP contribution is -2.55. The number of carbonyl (C=O) groups is 13. The molecule has 4 fully saturated rings. The topological polar surface area (TPSA) is 409 Å². The molecule has 141 heavy (non-hydrogen) atoms. The number of rotatable bonds is 37. The van der Waals surface area contributed by atoms with Crippen LogP contribution in [0.2, 0.25) is 0 Å². The van der Waals surface area contributed by atoms with Crippen molar-refractivity contribution in [2.75, 3.05) is 68.8 Å². The third-order valence-electron chi connectivity index (χ3n) is 23.7. The first-order chi connectivity index (χ1) is 67.5. The van der Waals surface area contributed by atoms with E-state index in [0.29, 0.717) is 114 Å². The summed E-state index contributed by atoms with van der Waals surface area (Å²) in [6.07, 6.45) is 22.5. The van der Waals surface area contributed by atoms with Crippen LogP contribution in [0.15, 0.2) is 146 Å². The van der Waals surface area contributed by atoms with Crippen LogP contribution < -0.4 is 40.4 Å². The minimum Gasteiger partial charge on any atom is -0.550 e. The molecule has 2 aromatic heterocycles. The fourth-order valence-electron chi connectivity index (χ4n) is 16.1. The first-order valence-electron chi connectivity index (χ1n) is 48.9. The molecule has 10 rings (SSSR count). The molecule has 0 spiro atoms. The van der Waals surface area contributed by atoms with Gasteiger partial charge in [-0.1, -0.05) is 120 Å². The second-order valence-electron chi connectivity index (χ2n) is 37.4. The van der Waals surface area contributed by atoms with Gasteiger partial charge in [0.25, 0.3) is 11.8 Å². The predicted octanol–water partition coefficient (Wildman–Crippen LogP) is 18.3. The Kier molecular flexibility index (Phi) is 49.3. The molecule has 4 aliphatic rings. The number of pyridine rings is 2. The van der Waals surface area contributed by atoms with Crippen molar-refractivity contribution in [1.82, 2.24) is 14.8 Å². The van der Waals surface area contributed by atoms with Gasteiger partial charge in [0.05, 0.1) is 34.1 Å². The highest BCUT2D eigenvalue weighted by molar-refractivity contribution is 9.08. The summed E-state index contributed by atoms with van der Waals surface area (Å²) in [5.74, 6) is -2.74. The average molecular weight is 2030 g/mol. The van der Waals surface area contributed by atoms with Crippen LogP contribution in [0.1, 0.15) is 264 Å². The van der Waals surface area contributed by atoms with Gasteiger partial charge in [0.2, 0.25) is 24.4 Å². The third kappa shape index (κ3) is 41.8. The minimum absolute atomic E-state index is 0.0101. The summed E-state index contributed by atoms with van der Waals surface area (Å²) >= 11 is 3.42. The standard InChI is InChI=1S/C52H68N4O11.C30H39N3O4.C22H30BrNO7.C2H4O2.CH3F/c1-9-15-45(59)54-43-30-39(22-24-44(43)65-50-35(3)34(2)46(64-36(4)57)47(66-50)49(61)63-8)33-55-27-14-17-38(32-55)21-23-42(58)20-12-10-11-16-37-25-28-56(29-26-37)48(60)40-18-13-19-41(31-40)53-51(62)67-52(5,6)7;1-30(2,3)37-29(36)32-26-12-7-11-25(21-26)28(35)33-19-16-23(17-20-33)9-5-4-6-13-27(34)15-14-24-10-8-18-31-22-24;1-6-7-18(26)24-16-10-15(11-23)8-9-17(16)30-22-13(3)12(2)19(29-14(4)25)20(31-22)21(27)28-5;1-2(3)4;1-2/h13-14,17-19,21-24,27,30-32,34-35,37,46-47,50H,9-12,15-16,20,25-26,28-29,33H2,1-8H3,(H-,53,54,59,62);7-8,10-12,14-15,18,21-23H,4-6,9,13,16-17,19-20H2,1-3H3,(H,32,36);8-10,12-13,19-20,22H,6-7,11H2,1-5H3,(H,24,26);1H3,(H,3,4);1H3/b23-21+;15-14+;;;/t34-,35-,46+,47+,50-;;12-,13-,19+,20+,22-;;/m1.1../s1/i;;;;1D. The number of esters is 4. The van der Waals surface area contributed by atoms with E-state index in [4.69, 9.17) is 58.6 Å². The van der Waals surface area contributed by atoms with E-state index in [2.05, 4.69) is 42.2 Å². The number of piperidine rings is 2. The number of methoxy groups -OCH3 is 2. The van der Waals surface area contributed by atoms with Gasteiger partial charge in [0, 0.05) is 153 Å². The number of unbranched alkanes of at least 4 members (excludes halogenated alkanes) is 4. The highest BCUT2D eigenvalue weighted by atomic mass is 79.9. The van der Waals surface area contributed by atoms with E-state index < -0.39 is 97.4 Å². The van der Waals surface area contributed by atoms with E-state index in [1.54, 1.807) is 127 Å². The van der Waals surface area contributed by atoms with E-state index >= 15 is 0 Å². The minimum atomic E-state index is -1.20. The number of anilines is 4. The summed E-state index contributed by atoms with van der Waals surface area (Å²) in [4.78, 5) is 166. The number of aromatic nitrogens is 2. The van der Waals surface area contributed by atoms with Gasteiger partial charge in [-0.05, 0) is 226 Å². The number of hydrogen-bond acceptors (Lipinski definition) is 25. The summed E-state index contributed by atoms with van der Waals surface area (Å²) in [7, 11) is 1.48. The number of likely N-dealkylation sites (tertiary alicyclic amines) is 2. The monoisotopic (exact) mass is 2020 g/mol. The molecule has 6 heterocycles. The molecule has 0 saturated carbocycles. The number of allylic oxidation sites excluding steroid dienone is 2. The van der Waals surface area contributed by atoms with Gasteiger partial charge in [-0.3, -0.25) is 58.4 Å². The number of nitrogens with one attached hydrogen (secondary N) is 4. The molecule has 0 radical (unpaired) electrons. The fraction of sp³-hybridized carbons (Fsp3) is 0.523. The lowest BCUT2D eigenvalue weighted by atomic mass is 9.84. The van der Waals surface area contributed by atoms with Crippen molar-refractivity contribution in [1.29, 1.82) is 0 Å². The fourth-order valence-corrected chi connectivity index (χ4v) is 16.5. The summed E-state index contributed by atoms with van der Waals surface area (Å²) in [5, 5.41) is 20.8. The van der Waals surface area contributed by atoms with E-state index in [1.807, 2.05) is 129 Å². The van der Waals surface area contributed by atoms with Gasteiger partial charge in [-0.2, -0.15) is 0 Å². The number of halogens is 2. The maximum atomic E-state index is 13.3. The quantitative estimate of drug-likeness (QED) is 0.00703. The molecule has 32 nitrogen and oxygen atoms in total. The van der Waals surface area contributed by atoms with Gasteiger partial charge in [-0.25, -0.2) is 23.7 Å². The predicted molar refractivity (Wildman–Crippen MR) is 535 cm³/mol. The molecule has 10 atom stereocenters. The molecular weight excluding hydrogens is 1880 g/mol. The van der Waals surface area contributed by atoms with Crippen LogP contribution >= 0.6 is 15.9 Å². The van der Waals surface area contributed by atoms with E-state index in [9.17, 15) is 61.9 Å². The zero-order chi connectivity index (χ0) is 105. The molecule has 6 aromatic rings. The molecule has 770 valence electrons. The van der Waals surface area contributed by atoms with Crippen LogP contribution in [-0.4, -0.2) is 188 Å². The highest BCUT2D eigenvalue weighted by Gasteiger charge is 2.50. The van der Waals surface area contributed by atoms with Crippen LogP contribution in [0.4, 0.5) is 36.7 Å². The molecule has 0 bridgehead atoms. The van der Waals surface area contributed by atoms with Crippen molar-refractivity contribution in [3.8, 4) is 11.5 Å². The Balaban J connectivity index is 0.000000345. The number of ketones is 2. The van der Waals surface area contributed by atoms with E-state index in [-0.39, 0.29) is 58.9 Å². The molecule has 0 unspecified atom stereocenters. The second kappa shape index (κ2) is 60.1. The smallest absolute Gasteiger partial charge is 0.412 e. The average Bonchev–Trinajstić information content (AvgIpc) is 0.785. The Bertz CT molecular complexity index is 5170. The van der Waals surface area contributed by atoms with Crippen molar-refractivity contribution in [3.63, 3.8) is 0 Å². The van der Waals surface area contributed by atoms with Crippen LogP contribution in [0.3, 0.4) is 0 Å². The number of carboxylic acid groups (broad SMARTS) is 1. The third-order valence-corrected chi connectivity index (χ3v) is 24.3. The van der Waals surface area contributed by atoms with Gasteiger partial charge in [0.1, 0.15) is 34.9 Å². The Labute approximate surface area is 838 Å². The number of hydrogen-bond donors (Lipinski definition) is 4. The lowest BCUT2D eigenvalue weighted by Gasteiger charge is -2.42. The van der Waals surface area contributed by atoms with E-state index in [1.165, 1.54) is 28.1 Å². The molecule has 4 aromatic carbocycles. The molecule has 0 aliphatic carbocycles. The summed E-state index contributed by atoms with van der Waals surface area (Å²) in [6.45, 7) is 29.0. The number of alkyl halides is 2. The summed E-state index contributed by atoms with van der Waals surface area (Å²) in [5.41, 5.74) is 5.57. The molecule has 34 heteroatoms. The van der Waals surface area contributed by atoms with Crippen LogP contribution in [-0.2, 0) is 92.9 Å². The number of benzene rings is 4. The number of carboxylic acids is 1. The Morgan fingerprint density at radius 3 is 1.34 bits per heavy atom. The largest absolute Gasteiger partial charge is 0.550 e. The zero-order valence-corrected chi connectivity index (χ0v) is 86.0. The van der Waals surface area contributed by atoms with Gasteiger partial charge < -0.3 is 77.7 Å². The van der Waals surface area contributed by atoms with Gasteiger partial charge in [-0.15, -0.1) is 0 Å². The van der Waals surface area contributed by atoms with Crippen LogP contribution in [0.5, 0.6) is 11.5 Å². The second-order valence-corrected chi connectivity index (χ2v) is 37.9. The lowest BCUT2D eigenvalue weighted by molar-refractivity contribution is -0.688. The van der Waals surface area contributed by atoms with E-state index in [0.717, 1.165) is 126 Å². The van der Waals surface area contributed by atoms with Crippen molar-refractivity contribution < 1.29 is 125 Å². The summed E-state index contributed by atoms with van der Waals surface area (Å²) < 4.78 is 73.2. The van der Waals surface area contributed by atoms with Crippen LogP contribution in [0.25, 0.3) is 12.2 Å². The first-order valence-corrected chi connectivity index (χ1v) is 49.3. The van der Waals surface area contributed by atoms with Gasteiger partial charge >= 0.3 is 36.1 Å². The number of ether oxygens (including phenoxy) is 10. The molecule has 4 saturated heterocycles.